The van der Waals surface area contributed by atoms with E-state index < -0.39 is 0 Å². The summed E-state index contributed by atoms with van der Waals surface area (Å²) >= 11 is 1.68. The van der Waals surface area contributed by atoms with Gasteiger partial charge in [0.1, 0.15) is 0 Å². The predicted octanol–water partition coefficient (Wildman–Crippen LogP) is 2.81. The first-order chi connectivity index (χ1) is 6.65. The van der Waals surface area contributed by atoms with Crippen LogP contribution in [0, 0.1) is 5.92 Å². The number of ether oxygens (including phenoxy) is 1. The SMILES string of the molecule is CC(C)C(C)OC(CN)c1ccsc1. The molecule has 2 N–H and O–H groups in total. The van der Waals surface area contributed by atoms with E-state index in [2.05, 4.69) is 37.6 Å². The number of rotatable bonds is 5. The third-order valence-corrected chi connectivity index (χ3v) is 3.15. The van der Waals surface area contributed by atoms with Gasteiger partial charge in [-0.2, -0.15) is 11.3 Å². The molecule has 0 saturated carbocycles. The van der Waals surface area contributed by atoms with Crippen molar-refractivity contribution in [2.45, 2.75) is 33.0 Å². The van der Waals surface area contributed by atoms with E-state index in [1.54, 1.807) is 11.3 Å². The van der Waals surface area contributed by atoms with Gasteiger partial charge in [-0.1, -0.05) is 13.8 Å². The number of nitrogens with two attached hydrogens (primary N) is 1. The van der Waals surface area contributed by atoms with Gasteiger partial charge in [0, 0.05) is 6.54 Å². The zero-order chi connectivity index (χ0) is 10.6. The molecule has 80 valence electrons. The Morgan fingerprint density at radius 1 is 1.43 bits per heavy atom. The normalized spacial score (nSPS) is 15.8. The van der Waals surface area contributed by atoms with Gasteiger partial charge in [-0.05, 0) is 35.2 Å². The molecule has 2 nitrogen and oxygen atoms in total. The van der Waals surface area contributed by atoms with E-state index in [9.17, 15) is 0 Å². The van der Waals surface area contributed by atoms with Crippen LogP contribution >= 0.6 is 11.3 Å². The van der Waals surface area contributed by atoms with Gasteiger partial charge in [0.2, 0.25) is 0 Å². The molecule has 1 aromatic rings. The Kier molecular flexibility index (Phi) is 4.58. The van der Waals surface area contributed by atoms with Crippen LogP contribution in [0.3, 0.4) is 0 Å². The topological polar surface area (TPSA) is 35.2 Å². The van der Waals surface area contributed by atoms with E-state index in [1.807, 2.05) is 0 Å². The molecule has 0 aliphatic carbocycles. The average Bonchev–Trinajstić information content (AvgIpc) is 2.66. The summed E-state index contributed by atoms with van der Waals surface area (Å²) in [5.41, 5.74) is 6.89. The zero-order valence-corrected chi connectivity index (χ0v) is 9.88. The quantitative estimate of drug-likeness (QED) is 0.816. The van der Waals surface area contributed by atoms with Crippen LogP contribution in [0.25, 0.3) is 0 Å². The van der Waals surface area contributed by atoms with Gasteiger partial charge in [-0.25, -0.2) is 0 Å². The van der Waals surface area contributed by atoms with Gasteiger partial charge in [0.25, 0.3) is 0 Å². The van der Waals surface area contributed by atoms with Gasteiger partial charge < -0.3 is 10.5 Å². The molecule has 14 heavy (non-hydrogen) atoms. The molecule has 0 amide bonds. The molecule has 1 heterocycles. The Bertz CT molecular complexity index is 246. The number of hydrogen-bond acceptors (Lipinski definition) is 3. The zero-order valence-electron chi connectivity index (χ0n) is 9.07. The van der Waals surface area contributed by atoms with Crippen LogP contribution < -0.4 is 5.73 Å². The highest BCUT2D eigenvalue weighted by molar-refractivity contribution is 7.07. The lowest BCUT2D eigenvalue weighted by atomic mass is 10.1. The highest BCUT2D eigenvalue weighted by Crippen LogP contribution is 2.22. The Labute approximate surface area is 90.1 Å². The van der Waals surface area contributed by atoms with Crippen molar-refractivity contribution in [1.82, 2.24) is 0 Å². The first kappa shape index (κ1) is 11.7. The molecule has 3 heteroatoms. The molecule has 0 aliphatic rings. The summed E-state index contributed by atoms with van der Waals surface area (Å²) in [7, 11) is 0. The summed E-state index contributed by atoms with van der Waals surface area (Å²) in [5.74, 6) is 0.530. The van der Waals surface area contributed by atoms with Crippen LogP contribution in [-0.4, -0.2) is 12.6 Å². The van der Waals surface area contributed by atoms with Gasteiger partial charge in [-0.15, -0.1) is 0 Å². The van der Waals surface area contributed by atoms with E-state index in [0.29, 0.717) is 12.5 Å². The largest absolute Gasteiger partial charge is 0.369 e. The Morgan fingerprint density at radius 3 is 2.57 bits per heavy atom. The molecule has 0 saturated heterocycles. The van der Waals surface area contributed by atoms with E-state index in [1.165, 1.54) is 5.56 Å². The second-order valence-electron chi connectivity index (χ2n) is 3.87. The predicted molar refractivity (Wildman–Crippen MR) is 61.5 cm³/mol. The first-order valence-corrected chi connectivity index (χ1v) is 5.97. The summed E-state index contributed by atoms with van der Waals surface area (Å²) in [6, 6.07) is 2.08. The minimum Gasteiger partial charge on any atom is -0.369 e. The molecule has 0 spiro atoms. The lowest BCUT2D eigenvalue weighted by molar-refractivity contribution is -0.0218. The second-order valence-corrected chi connectivity index (χ2v) is 4.65. The maximum atomic E-state index is 5.89. The van der Waals surface area contributed by atoms with Crippen molar-refractivity contribution in [3.63, 3.8) is 0 Å². The monoisotopic (exact) mass is 213 g/mol. The van der Waals surface area contributed by atoms with Crippen molar-refractivity contribution in [3.8, 4) is 0 Å². The third kappa shape index (κ3) is 3.08. The minimum absolute atomic E-state index is 0.0543. The van der Waals surface area contributed by atoms with Crippen LogP contribution in [0.2, 0.25) is 0 Å². The molecule has 0 bridgehead atoms. The van der Waals surface area contributed by atoms with Gasteiger partial charge in [0.15, 0.2) is 0 Å². The lowest BCUT2D eigenvalue weighted by Crippen LogP contribution is -2.23. The number of hydrogen-bond donors (Lipinski definition) is 1. The van der Waals surface area contributed by atoms with Crippen LogP contribution in [0.5, 0.6) is 0 Å². The summed E-state index contributed by atoms with van der Waals surface area (Å²) in [6.45, 7) is 6.96. The lowest BCUT2D eigenvalue weighted by Gasteiger charge is -2.23. The van der Waals surface area contributed by atoms with E-state index in [-0.39, 0.29) is 12.2 Å². The Balaban J connectivity index is 2.56. The van der Waals surface area contributed by atoms with Crippen molar-refractivity contribution in [1.29, 1.82) is 0 Å². The molecule has 0 aliphatic heterocycles. The van der Waals surface area contributed by atoms with Crippen molar-refractivity contribution in [2.24, 2.45) is 11.7 Å². The fourth-order valence-electron chi connectivity index (χ4n) is 1.14. The number of thiophene rings is 1. The van der Waals surface area contributed by atoms with E-state index in [4.69, 9.17) is 10.5 Å². The summed E-state index contributed by atoms with van der Waals surface area (Å²) in [4.78, 5) is 0. The molecule has 0 aromatic carbocycles. The maximum Gasteiger partial charge on any atom is 0.0958 e. The van der Waals surface area contributed by atoms with Gasteiger partial charge in [0.05, 0.1) is 12.2 Å². The minimum atomic E-state index is 0.0543. The fourth-order valence-corrected chi connectivity index (χ4v) is 1.85. The van der Waals surface area contributed by atoms with Crippen molar-refractivity contribution in [3.05, 3.63) is 22.4 Å². The second kappa shape index (κ2) is 5.49. The van der Waals surface area contributed by atoms with E-state index in [0.717, 1.165) is 0 Å². The van der Waals surface area contributed by atoms with Crippen molar-refractivity contribution >= 4 is 11.3 Å². The van der Waals surface area contributed by atoms with Crippen LogP contribution in [0.4, 0.5) is 0 Å². The Morgan fingerprint density at radius 2 is 2.14 bits per heavy atom. The third-order valence-electron chi connectivity index (χ3n) is 2.45. The summed E-state index contributed by atoms with van der Waals surface area (Å²) < 4.78 is 5.89. The van der Waals surface area contributed by atoms with Gasteiger partial charge >= 0.3 is 0 Å². The van der Waals surface area contributed by atoms with Crippen molar-refractivity contribution < 1.29 is 4.74 Å². The van der Waals surface area contributed by atoms with Crippen LogP contribution in [-0.2, 0) is 4.74 Å². The average molecular weight is 213 g/mol. The smallest absolute Gasteiger partial charge is 0.0958 e. The summed E-state index contributed by atoms with van der Waals surface area (Å²) in [6.07, 6.45) is 0.307. The molecular weight excluding hydrogens is 194 g/mol. The fraction of sp³-hybridized carbons (Fsp3) is 0.636. The first-order valence-electron chi connectivity index (χ1n) is 5.02. The van der Waals surface area contributed by atoms with Gasteiger partial charge in [-0.3, -0.25) is 0 Å². The maximum absolute atomic E-state index is 5.89. The molecule has 2 atom stereocenters. The standard InChI is InChI=1S/C11H19NOS/c1-8(2)9(3)13-11(6-12)10-4-5-14-7-10/h4-5,7-9,11H,6,12H2,1-3H3. The van der Waals surface area contributed by atoms with Crippen LogP contribution in [0.1, 0.15) is 32.4 Å². The van der Waals surface area contributed by atoms with Crippen molar-refractivity contribution in [2.75, 3.05) is 6.54 Å². The summed E-state index contributed by atoms with van der Waals surface area (Å²) in [5, 5.41) is 4.16. The Hall–Kier alpha value is -0.380. The molecule has 1 rings (SSSR count). The highest BCUT2D eigenvalue weighted by Gasteiger charge is 2.16. The molecular formula is C11H19NOS. The van der Waals surface area contributed by atoms with E-state index >= 15 is 0 Å². The molecule has 0 fully saturated rings. The molecule has 0 radical (unpaired) electrons. The molecule has 1 aromatic heterocycles. The van der Waals surface area contributed by atoms with Crippen LogP contribution in [0.15, 0.2) is 16.8 Å². The molecule has 2 unspecified atom stereocenters. The highest BCUT2D eigenvalue weighted by atomic mass is 32.1.